The van der Waals surface area contributed by atoms with Crippen molar-refractivity contribution in [2.45, 2.75) is 14.4 Å². The average Bonchev–Trinajstić information content (AvgIpc) is 3.31. The summed E-state index contributed by atoms with van der Waals surface area (Å²) >= 11 is 8.48. The Labute approximate surface area is 173 Å². The van der Waals surface area contributed by atoms with E-state index in [4.69, 9.17) is 11.6 Å². The molecule has 0 spiro atoms. The van der Waals surface area contributed by atoms with E-state index >= 15 is 0 Å². The summed E-state index contributed by atoms with van der Waals surface area (Å²) in [5, 5.41) is 12.1. The van der Waals surface area contributed by atoms with Crippen molar-refractivity contribution >= 4 is 50.4 Å². The minimum Gasteiger partial charge on any atom is -0.280 e. The van der Waals surface area contributed by atoms with Crippen LogP contribution in [-0.2, 0) is 10.0 Å². The van der Waals surface area contributed by atoms with Gasteiger partial charge in [-0.1, -0.05) is 41.1 Å². The van der Waals surface area contributed by atoms with Crippen molar-refractivity contribution in [3.8, 4) is 5.69 Å². The second-order valence-electron chi connectivity index (χ2n) is 5.37. The molecule has 4 rings (SSSR count). The minimum atomic E-state index is -3.69. The number of hydrogen-bond acceptors (Lipinski definition) is 8. The summed E-state index contributed by atoms with van der Waals surface area (Å²) in [5.74, 6) is 0. The summed E-state index contributed by atoms with van der Waals surface area (Å²) in [7, 11) is -3.69. The van der Waals surface area contributed by atoms with Gasteiger partial charge in [0.05, 0.1) is 16.8 Å². The maximum absolute atomic E-state index is 12.5. The van der Waals surface area contributed by atoms with Crippen molar-refractivity contribution in [1.29, 1.82) is 0 Å². The first-order valence-electron chi connectivity index (χ1n) is 7.77. The lowest BCUT2D eigenvalue weighted by Gasteiger charge is -2.09. The zero-order valence-corrected chi connectivity index (χ0v) is 17.1. The molecular weight excluding hydrogens is 440 g/mol. The lowest BCUT2D eigenvalue weighted by atomic mass is 10.3. The molecule has 28 heavy (non-hydrogen) atoms. The highest BCUT2D eigenvalue weighted by Gasteiger charge is 2.16. The van der Waals surface area contributed by atoms with Gasteiger partial charge in [0.2, 0.25) is 5.16 Å². The first kappa shape index (κ1) is 18.9. The Bertz CT molecular complexity index is 1190. The monoisotopic (exact) mass is 450 g/mol. The van der Waals surface area contributed by atoms with E-state index in [-0.39, 0.29) is 4.90 Å². The van der Waals surface area contributed by atoms with Gasteiger partial charge < -0.3 is 0 Å². The van der Waals surface area contributed by atoms with Crippen LogP contribution in [0.2, 0.25) is 4.34 Å². The molecule has 0 aliphatic rings. The molecule has 0 saturated carbocycles. The molecule has 0 unspecified atom stereocenters. The lowest BCUT2D eigenvalue weighted by molar-refractivity contribution is 0.601. The molecule has 1 N–H and O–H groups in total. The van der Waals surface area contributed by atoms with Crippen LogP contribution in [0.4, 0.5) is 5.69 Å². The van der Waals surface area contributed by atoms with Crippen molar-refractivity contribution in [2.24, 2.45) is 0 Å². The fourth-order valence-corrected chi connectivity index (χ4v) is 5.32. The number of nitrogens with one attached hydrogen (secondary N) is 1. The second kappa shape index (κ2) is 7.87. The first-order chi connectivity index (χ1) is 13.5. The molecule has 8 nitrogen and oxygen atoms in total. The van der Waals surface area contributed by atoms with Crippen LogP contribution in [-0.4, -0.2) is 33.6 Å². The van der Waals surface area contributed by atoms with Gasteiger partial charge in [0, 0.05) is 5.69 Å². The number of benzene rings is 2. The summed E-state index contributed by atoms with van der Waals surface area (Å²) in [4.78, 5) is 4.30. The highest BCUT2D eigenvalue weighted by Crippen LogP contribution is 2.32. The highest BCUT2D eigenvalue weighted by atomic mass is 35.5. The second-order valence-corrected chi connectivity index (χ2v) is 9.93. The SMILES string of the molecule is O=S(=O)(Nc1ccccc1)c1ccc(-n2nnnc2Sc2ncc(Cl)s2)cc1. The molecule has 142 valence electrons. The van der Waals surface area contributed by atoms with Crippen molar-refractivity contribution in [3.63, 3.8) is 0 Å². The average molecular weight is 451 g/mol. The van der Waals surface area contributed by atoms with Crippen molar-refractivity contribution in [3.05, 3.63) is 65.1 Å². The number of sulfonamides is 1. The number of tetrazole rings is 1. The fraction of sp³-hybridized carbons (Fsp3) is 0. The molecule has 4 aromatic rings. The molecule has 0 aliphatic carbocycles. The van der Waals surface area contributed by atoms with Gasteiger partial charge in [-0.15, -0.1) is 5.10 Å². The zero-order valence-electron chi connectivity index (χ0n) is 13.9. The molecule has 2 heterocycles. The van der Waals surface area contributed by atoms with E-state index < -0.39 is 10.0 Å². The summed E-state index contributed by atoms with van der Waals surface area (Å²) in [5.41, 5.74) is 1.11. The minimum absolute atomic E-state index is 0.133. The molecule has 0 fully saturated rings. The molecule has 0 atom stereocenters. The van der Waals surface area contributed by atoms with Gasteiger partial charge in [-0.2, -0.15) is 4.68 Å². The van der Waals surface area contributed by atoms with Crippen LogP contribution in [0, 0.1) is 0 Å². The molecule has 0 saturated heterocycles. The number of hydrogen-bond donors (Lipinski definition) is 1. The molecule has 2 aromatic carbocycles. The Morgan fingerprint density at radius 3 is 2.50 bits per heavy atom. The van der Waals surface area contributed by atoms with E-state index in [0.29, 0.717) is 25.2 Å². The van der Waals surface area contributed by atoms with Crippen LogP contribution >= 0.6 is 34.7 Å². The van der Waals surface area contributed by atoms with Crippen LogP contribution in [0.5, 0.6) is 0 Å². The highest BCUT2D eigenvalue weighted by molar-refractivity contribution is 8.00. The number of para-hydroxylation sites is 1. The maximum Gasteiger partial charge on any atom is 0.261 e. The van der Waals surface area contributed by atoms with Gasteiger partial charge >= 0.3 is 0 Å². The normalized spacial score (nSPS) is 11.5. The van der Waals surface area contributed by atoms with E-state index in [1.54, 1.807) is 42.6 Å². The van der Waals surface area contributed by atoms with E-state index in [2.05, 4.69) is 25.2 Å². The molecule has 0 aliphatic heterocycles. The number of aromatic nitrogens is 5. The Morgan fingerprint density at radius 2 is 1.82 bits per heavy atom. The number of rotatable bonds is 6. The van der Waals surface area contributed by atoms with Gasteiger partial charge in [-0.25, -0.2) is 13.4 Å². The summed E-state index contributed by atoms with van der Waals surface area (Å²) in [6.45, 7) is 0. The van der Waals surface area contributed by atoms with E-state index in [0.717, 1.165) is 0 Å². The van der Waals surface area contributed by atoms with Gasteiger partial charge in [0.15, 0.2) is 4.34 Å². The Hall–Kier alpha value is -2.47. The smallest absolute Gasteiger partial charge is 0.261 e. The standard InChI is InChI=1S/C16H11ClN6O2S3/c17-14-10-18-16(26-14)27-15-19-21-22-23(15)12-6-8-13(9-7-12)28(24,25)20-11-4-2-1-3-5-11/h1-10,20H. The van der Waals surface area contributed by atoms with Crippen molar-refractivity contribution in [2.75, 3.05) is 4.72 Å². The van der Waals surface area contributed by atoms with Gasteiger partial charge in [0.25, 0.3) is 10.0 Å². The van der Waals surface area contributed by atoms with Crippen molar-refractivity contribution < 1.29 is 8.42 Å². The zero-order chi connectivity index (χ0) is 19.6. The largest absolute Gasteiger partial charge is 0.280 e. The Morgan fingerprint density at radius 1 is 1.07 bits per heavy atom. The van der Waals surface area contributed by atoms with Crippen LogP contribution in [0.15, 0.2) is 75.2 Å². The Balaban J connectivity index is 1.56. The molecule has 0 radical (unpaired) electrons. The third-order valence-electron chi connectivity index (χ3n) is 3.49. The van der Waals surface area contributed by atoms with Gasteiger partial charge in [-0.05, 0) is 58.6 Å². The van der Waals surface area contributed by atoms with E-state index in [9.17, 15) is 8.42 Å². The van der Waals surface area contributed by atoms with Crippen LogP contribution in [0.1, 0.15) is 0 Å². The number of thiazole rings is 1. The molecule has 2 aromatic heterocycles. The Kier molecular flexibility index (Phi) is 5.31. The molecule has 0 amide bonds. The predicted octanol–water partition coefficient (Wildman–Crippen LogP) is 3.72. The number of anilines is 1. The van der Waals surface area contributed by atoms with Crippen LogP contribution in [0.25, 0.3) is 5.69 Å². The summed E-state index contributed by atoms with van der Waals surface area (Å²) in [6.07, 6.45) is 1.56. The maximum atomic E-state index is 12.5. The lowest BCUT2D eigenvalue weighted by Crippen LogP contribution is -2.13. The van der Waals surface area contributed by atoms with Gasteiger partial charge in [0.1, 0.15) is 4.34 Å². The fourth-order valence-electron chi connectivity index (χ4n) is 2.26. The third-order valence-corrected chi connectivity index (χ3v) is 7.02. The molecule has 12 heteroatoms. The number of halogens is 1. The van der Waals surface area contributed by atoms with Crippen LogP contribution in [0.3, 0.4) is 0 Å². The predicted molar refractivity (Wildman–Crippen MR) is 108 cm³/mol. The quantitative estimate of drug-likeness (QED) is 0.477. The van der Waals surface area contributed by atoms with E-state index in [1.165, 1.54) is 39.9 Å². The molecular formula is C16H11ClN6O2S3. The van der Waals surface area contributed by atoms with Crippen LogP contribution < -0.4 is 4.72 Å². The van der Waals surface area contributed by atoms with Gasteiger partial charge in [-0.3, -0.25) is 4.72 Å². The topological polar surface area (TPSA) is 103 Å². The van der Waals surface area contributed by atoms with Crippen molar-refractivity contribution in [1.82, 2.24) is 25.2 Å². The third kappa shape index (κ3) is 4.17. The summed E-state index contributed by atoms with van der Waals surface area (Å²) < 4.78 is 30.4. The first-order valence-corrected chi connectivity index (χ1v) is 11.3. The summed E-state index contributed by atoms with van der Waals surface area (Å²) in [6, 6.07) is 15.0. The van der Waals surface area contributed by atoms with E-state index in [1.807, 2.05) is 6.07 Å². The molecule has 0 bridgehead atoms. The number of nitrogens with zero attached hydrogens (tertiary/aromatic N) is 5.